The third-order valence-corrected chi connectivity index (χ3v) is 2.60. The van der Waals surface area contributed by atoms with Crippen LogP contribution >= 0.6 is 0 Å². The van der Waals surface area contributed by atoms with Crippen molar-refractivity contribution in [3.05, 3.63) is 23.8 Å². The second-order valence-electron chi connectivity index (χ2n) is 3.88. The summed E-state index contributed by atoms with van der Waals surface area (Å²) < 4.78 is 5.24. The van der Waals surface area contributed by atoms with Gasteiger partial charge in [0.1, 0.15) is 0 Å². The normalized spacial score (nSPS) is 16.7. The second kappa shape index (κ2) is 5.03. The Kier molecular flexibility index (Phi) is 3.46. The number of ether oxygens (including phenoxy) is 1. The molecule has 5 N–H and O–H groups in total. The average Bonchev–Trinajstić information content (AvgIpc) is 2.30. The fourth-order valence-electron chi connectivity index (χ4n) is 1.71. The molecule has 0 unspecified atom stereocenters. The van der Waals surface area contributed by atoms with Crippen molar-refractivity contribution in [2.45, 2.75) is 0 Å². The molecule has 0 spiro atoms. The Morgan fingerprint density at radius 1 is 1.35 bits per heavy atom. The molecule has 0 aromatic heterocycles. The summed E-state index contributed by atoms with van der Waals surface area (Å²) in [5.41, 5.74) is 15.8. The number of carbonyl (C=O) groups is 1. The third-order valence-electron chi connectivity index (χ3n) is 2.60. The highest BCUT2D eigenvalue weighted by Gasteiger charge is 2.14. The summed E-state index contributed by atoms with van der Waals surface area (Å²) in [6, 6.07) is 4.99. The Bertz CT molecular complexity index is 416. The van der Waals surface area contributed by atoms with Crippen molar-refractivity contribution in [3.63, 3.8) is 0 Å². The van der Waals surface area contributed by atoms with E-state index in [-0.39, 0.29) is 0 Å². The first kappa shape index (κ1) is 11.7. The molecule has 0 radical (unpaired) electrons. The predicted octanol–water partition coefficient (Wildman–Crippen LogP) is 0.0268. The van der Waals surface area contributed by atoms with Crippen molar-refractivity contribution in [1.29, 1.82) is 0 Å². The Morgan fingerprint density at radius 3 is 2.71 bits per heavy atom. The highest BCUT2D eigenvalue weighted by Crippen LogP contribution is 2.19. The minimum atomic E-state index is -0.472. The van der Waals surface area contributed by atoms with Gasteiger partial charge in [-0.2, -0.15) is 0 Å². The number of carbonyl (C=O) groups excluding carboxylic acids is 1. The van der Waals surface area contributed by atoms with E-state index in [4.69, 9.17) is 16.2 Å². The Labute approximate surface area is 99.5 Å². The molecule has 17 heavy (non-hydrogen) atoms. The van der Waals surface area contributed by atoms with Gasteiger partial charge in [0.05, 0.1) is 24.5 Å². The van der Waals surface area contributed by atoms with Gasteiger partial charge in [-0.05, 0) is 18.2 Å². The van der Waals surface area contributed by atoms with Crippen LogP contribution in [-0.2, 0) is 4.74 Å². The van der Waals surface area contributed by atoms with Gasteiger partial charge in [0.25, 0.3) is 5.91 Å². The molecule has 6 nitrogen and oxygen atoms in total. The van der Waals surface area contributed by atoms with E-state index in [1.807, 2.05) is 5.01 Å². The zero-order chi connectivity index (χ0) is 12.3. The van der Waals surface area contributed by atoms with E-state index >= 15 is 0 Å². The maximum atomic E-state index is 11.3. The highest BCUT2D eigenvalue weighted by atomic mass is 16.5. The van der Waals surface area contributed by atoms with Crippen LogP contribution in [0.15, 0.2) is 18.2 Å². The number of hydrogen-bond donors (Lipinski definition) is 3. The van der Waals surface area contributed by atoms with Crippen LogP contribution in [0, 0.1) is 0 Å². The molecule has 1 aliphatic rings. The lowest BCUT2D eigenvalue weighted by atomic mass is 10.1. The molecule has 6 heteroatoms. The smallest absolute Gasteiger partial charge is 0.250 e. The molecule has 2 rings (SSSR count). The van der Waals surface area contributed by atoms with E-state index in [0.717, 1.165) is 13.1 Å². The van der Waals surface area contributed by atoms with Gasteiger partial charge < -0.3 is 21.6 Å². The van der Waals surface area contributed by atoms with Crippen LogP contribution in [0.4, 0.5) is 11.4 Å². The number of rotatable bonds is 3. The zero-order valence-electron chi connectivity index (χ0n) is 9.48. The fraction of sp³-hybridized carbons (Fsp3) is 0.364. The molecule has 0 atom stereocenters. The van der Waals surface area contributed by atoms with Crippen LogP contribution < -0.4 is 16.9 Å². The number of nitrogens with two attached hydrogens (primary N) is 2. The first-order valence-corrected chi connectivity index (χ1v) is 5.45. The van der Waals surface area contributed by atoms with Crippen molar-refractivity contribution in [2.24, 2.45) is 5.73 Å². The third kappa shape index (κ3) is 2.86. The van der Waals surface area contributed by atoms with Gasteiger partial charge in [-0.1, -0.05) is 0 Å². The summed E-state index contributed by atoms with van der Waals surface area (Å²) in [6.07, 6.45) is 0. The highest BCUT2D eigenvalue weighted by molar-refractivity contribution is 5.99. The minimum Gasteiger partial charge on any atom is -0.399 e. The maximum absolute atomic E-state index is 11.3. The lowest BCUT2D eigenvalue weighted by molar-refractivity contribution is 0.0496. The lowest BCUT2D eigenvalue weighted by Gasteiger charge is -2.28. The van der Waals surface area contributed by atoms with E-state index in [2.05, 4.69) is 5.43 Å². The lowest BCUT2D eigenvalue weighted by Crippen LogP contribution is -2.40. The topological polar surface area (TPSA) is 93.6 Å². The molecular formula is C11H16N4O2. The molecule has 1 aromatic rings. The largest absolute Gasteiger partial charge is 0.399 e. The number of hydrogen-bond acceptors (Lipinski definition) is 5. The summed E-state index contributed by atoms with van der Waals surface area (Å²) in [4.78, 5) is 11.3. The average molecular weight is 236 g/mol. The van der Waals surface area contributed by atoms with Crippen molar-refractivity contribution in [1.82, 2.24) is 5.01 Å². The minimum absolute atomic E-state index is 0.436. The molecule has 1 heterocycles. The van der Waals surface area contributed by atoms with Crippen LogP contribution in [0.1, 0.15) is 10.4 Å². The number of primary amides is 1. The summed E-state index contributed by atoms with van der Waals surface area (Å²) in [5, 5.41) is 1.98. The van der Waals surface area contributed by atoms with E-state index in [0.29, 0.717) is 30.2 Å². The SMILES string of the molecule is NC(=O)c1ccc(N)cc1NN1CCOCC1. The van der Waals surface area contributed by atoms with Crippen LogP contribution in [0.3, 0.4) is 0 Å². The van der Waals surface area contributed by atoms with Gasteiger partial charge in [-0.25, -0.2) is 5.01 Å². The number of benzene rings is 1. The van der Waals surface area contributed by atoms with Crippen molar-refractivity contribution in [3.8, 4) is 0 Å². The van der Waals surface area contributed by atoms with Crippen molar-refractivity contribution in [2.75, 3.05) is 37.5 Å². The first-order valence-electron chi connectivity index (χ1n) is 5.45. The van der Waals surface area contributed by atoms with Crippen LogP contribution in [0.2, 0.25) is 0 Å². The molecule has 1 aromatic carbocycles. The number of morpholine rings is 1. The number of anilines is 2. The van der Waals surface area contributed by atoms with Crippen molar-refractivity contribution < 1.29 is 9.53 Å². The molecule has 1 amide bonds. The number of amides is 1. The van der Waals surface area contributed by atoms with Crippen LogP contribution in [0.5, 0.6) is 0 Å². The Hall–Kier alpha value is -1.79. The summed E-state index contributed by atoms with van der Waals surface area (Å²) in [6.45, 7) is 2.85. The van der Waals surface area contributed by atoms with Gasteiger partial charge in [-0.15, -0.1) is 0 Å². The van der Waals surface area contributed by atoms with Crippen LogP contribution in [-0.4, -0.2) is 37.2 Å². The summed E-state index contributed by atoms with van der Waals surface area (Å²) >= 11 is 0. The van der Waals surface area contributed by atoms with Crippen molar-refractivity contribution >= 4 is 17.3 Å². The monoisotopic (exact) mass is 236 g/mol. The molecule has 1 saturated heterocycles. The number of nitrogens with zero attached hydrogens (tertiary/aromatic N) is 1. The Morgan fingerprint density at radius 2 is 2.06 bits per heavy atom. The Balaban J connectivity index is 2.17. The quantitative estimate of drug-likeness (QED) is 0.644. The molecular weight excluding hydrogens is 220 g/mol. The second-order valence-corrected chi connectivity index (χ2v) is 3.88. The maximum Gasteiger partial charge on any atom is 0.250 e. The first-order chi connectivity index (χ1) is 8.16. The standard InChI is InChI=1S/C11H16N4O2/c12-8-1-2-9(11(13)16)10(7-8)14-15-3-5-17-6-4-15/h1-2,7,14H,3-6,12H2,(H2,13,16). The number of hydrazine groups is 1. The van der Waals surface area contributed by atoms with Gasteiger partial charge in [-0.3, -0.25) is 4.79 Å². The number of nitrogens with one attached hydrogen (secondary N) is 1. The van der Waals surface area contributed by atoms with Gasteiger partial charge >= 0.3 is 0 Å². The molecule has 0 bridgehead atoms. The van der Waals surface area contributed by atoms with E-state index in [9.17, 15) is 4.79 Å². The van der Waals surface area contributed by atoms with Crippen LogP contribution in [0.25, 0.3) is 0 Å². The molecule has 1 fully saturated rings. The summed E-state index contributed by atoms with van der Waals surface area (Å²) in [5.74, 6) is -0.472. The molecule has 1 aliphatic heterocycles. The van der Waals surface area contributed by atoms with Gasteiger partial charge in [0, 0.05) is 18.8 Å². The van der Waals surface area contributed by atoms with Gasteiger partial charge in [0.2, 0.25) is 0 Å². The molecule has 0 aliphatic carbocycles. The zero-order valence-corrected chi connectivity index (χ0v) is 9.48. The fourth-order valence-corrected chi connectivity index (χ4v) is 1.71. The number of nitrogen functional groups attached to an aromatic ring is 1. The molecule has 0 saturated carbocycles. The van der Waals surface area contributed by atoms with E-state index < -0.39 is 5.91 Å². The van der Waals surface area contributed by atoms with E-state index in [1.165, 1.54) is 0 Å². The van der Waals surface area contributed by atoms with E-state index in [1.54, 1.807) is 18.2 Å². The van der Waals surface area contributed by atoms with Gasteiger partial charge in [0.15, 0.2) is 0 Å². The predicted molar refractivity (Wildman–Crippen MR) is 65.4 cm³/mol. The molecule has 92 valence electrons. The summed E-state index contributed by atoms with van der Waals surface area (Å²) in [7, 11) is 0.